The van der Waals surface area contributed by atoms with E-state index in [4.69, 9.17) is 9.47 Å². The van der Waals surface area contributed by atoms with E-state index < -0.39 is 4.92 Å². The summed E-state index contributed by atoms with van der Waals surface area (Å²) < 4.78 is 11.2. The van der Waals surface area contributed by atoms with Gasteiger partial charge < -0.3 is 9.47 Å². The number of nitrogens with zero attached hydrogens (tertiary/aromatic N) is 3. The van der Waals surface area contributed by atoms with E-state index in [0.717, 1.165) is 5.56 Å². The van der Waals surface area contributed by atoms with Gasteiger partial charge in [-0.3, -0.25) is 24.8 Å². The molecule has 1 amide bonds. The standard InChI is InChI=1S/C24H27N3O5S/c1-15(2)25-24-26(16(3)4)23(28)22(33-24)12-18-11-20(31-5)21(13-19(18)27(29)30)32-14-17-9-7-6-8-10-17/h6-13,15-16H,14H2,1-5H3/b22-12+,25-24?. The van der Waals surface area contributed by atoms with Crippen molar-refractivity contribution in [1.29, 1.82) is 0 Å². The normalized spacial score (nSPS) is 16.3. The van der Waals surface area contributed by atoms with Crippen LogP contribution in [0.5, 0.6) is 11.5 Å². The monoisotopic (exact) mass is 469 g/mol. The molecule has 3 rings (SSSR count). The summed E-state index contributed by atoms with van der Waals surface area (Å²) >= 11 is 1.22. The number of carbonyl (C=O) groups excluding carboxylic acids is 1. The summed E-state index contributed by atoms with van der Waals surface area (Å²) in [6.45, 7) is 7.91. The SMILES string of the molecule is COc1cc(/C=C2/SC(=NC(C)C)N(C(C)C)C2=O)c([N+](=O)[O-])cc1OCc1ccccc1. The van der Waals surface area contributed by atoms with E-state index in [9.17, 15) is 14.9 Å². The van der Waals surface area contributed by atoms with Crippen LogP contribution in [0.15, 0.2) is 52.4 Å². The number of rotatable bonds is 8. The molecule has 0 spiro atoms. The molecule has 1 fully saturated rings. The number of thioether (sulfide) groups is 1. The van der Waals surface area contributed by atoms with Crippen LogP contribution in [-0.4, -0.2) is 40.1 Å². The van der Waals surface area contributed by atoms with Crippen LogP contribution in [0.25, 0.3) is 6.08 Å². The lowest BCUT2D eigenvalue weighted by atomic mass is 10.1. The molecule has 0 aliphatic carbocycles. The molecule has 174 valence electrons. The predicted octanol–water partition coefficient (Wildman–Crippen LogP) is 5.27. The molecule has 0 radical (unpaired) electrons. The molecule has 9 heteroatoms. The van der Waals surface area contributed by atoms with Gasteiger partial charge >= 0.3 is 0 Å². The first-order valence-corrected chi connectivity index (χ1v) is 11.4. The van der Waals surface area contributed by atoms with Gasteiger partial charge in [0.2, 0.25) is 0 Å². The number of nitro groups is 1. The fourth-order valence-corrected chi connectivity index (χ4v) is 4.46. The Kier molecular flexibility index (Phi) is 7.75. The van der Waals surface area contributed by atoms with Gasteiger partial charge in [-0.2, -0.15) is 0 Å². The summed E-state index contributed by atoms with van der Waals surface area (Å²) in [4.78, 5) is 30.9. The van der Waals surface area contributed by atoms with Gasteiger partial charge in [0.25, 0.3) is 11.6 Å². The Balaban J connectivity index is 1.99. The molecule has 2 aromatic carbocycles. The number of amides is 1. The average Bonchev–Trinajstić information content (AvgIpc) is 3.06. The summed E-state index contributed by atoms with van der Waals surface area (Å²) in [5, 5.41) is 12.4. The molecule has 0 bridgehead atoms. The van der Waals surface area contributed by atoms with Crippen LogP contribution >= 0.6 is 11.8 Å². The van der Waals surface area contributed by atoms with E-state index in [-0.39, 0.29) is 41.6 Å². The smallest absolute Gasteiger partial charge is 0.280 e. The Bertz CT molecular complexity index is 1100. The highest BCUT2D eigenvalue weighted by atomic mass is 32.2. The highest BCUT2D eigenvalue weighted by Crippen LogP contribution is 2.39. The maximum Gasteiger partial charge on any atom is 0.280 e. The van der Waals surface area contributed by atoms with Crippen molar-refractivity contribution >= 4 is 34.6 Å². The van der Waals surface area contributed by atoms with Crippen LogP contribution in [0.3, 0.4) is 0 Å². The van der Waals surface area contributed by atoms with E-state index in [2.05, 4.69) is 4.99 Å². The number of nitro benzene ring substituents is 1. The Morgan fingerprint density at radius 1 is 1.15 bits per heavy atom. The Morgan fingerprint density at radius 3 is 2.42 bits per heavy atom. The van der Waals surface area contributed by atoms with Gasteiger partial charge in [0.15, 0.2) is 16.7 Å². The molecule has 8 nitrogen and oxygen atoms in total. The summed E-state index contributed by atoms with van der Waals surface area (Å²) in [6.07, 6.45) is 1.52. The first-order chi connectivity index (χ1) is 15.7. The van der Waals surface area contributed by atoms with Gasteiger partial charge in [-0.25, -0.2) is 0 Å². The molecule has 33 heavy (non-hydrogen) atoms. The number of carbonyl (C=O) groups is 1. The highest BCUT2D eigenvalue weighted by molar-refractivity contribution is 8.18. The summed E-state index contributed by atoms with van der Waals surface area (Å²) in [7, 11) is 1.47. The van der Waals surface area contributed by atoms with Crippen LogP contribution in [0, 0.1) is 10.1 Å². The number of hydrogen-bond acceptors (Lipinski definition) is 7. The molecule has 1 saturated heterocycles. The molecule has 0 saturated carbocycles. The van der Waals surface area contributed by atoms with E-state index in [1.807, 2.05) is 58.0 Å². The third-order valence-corrected chi connectivity index (χ3v) is 5.75. The maximum atomic E-state index is 13.0. The minimum atomic E-state index is -0.491. The van der Waals surface area contributed by atoms with E-state index in [0.29, 0.717) is 15.8 Å². The lowest BCUT2D eigenvalue weighted by Crippen LogP contribution is -2.35. The number of ether oxygens (including phenoxy) is 2. The zero-order chi connectivity index (χ0) is 24.1. The Labute approximate surface area is 197 Å². The Hall–Kier alpha value is -3.33. The Morgan fingerprint density at radius 2 is 1.85 bits per heavy atom. The second-order valence-electron chi connectivity index (χ2n) is 7.98. The van der Waals surface area contributed by atoms with Crippen molar-refractivity contribution in [3.63, 3.8) is 0 Å². The molecule has 2 aromatic rings. The molecular formula is C24H27N3O5S. The van der Waals surface area contributed by atoms with Crippen molar-refractivity contribution < 1.29 is 19.2 Å². The minimum absolute atomic E-state index is 0.0105. The number of methoxy groups -OCH3 is 1. The molecular weight excluding hydrogens is 442 g/mol. The quantitative estimate of drug-likeness (QED) is 0.297. The van der Waals surface area contributed by atoms with Crippen molar-refractivity contribution in [1.82, 2.24) is 4.90 Å². The van der Waals surface area contributed by atoms with Crippen molar-refractivity contribution in [2.45, 2.75) is 46.4 Å². The molecule has 0 atom stereocenters. The number of benzene rings is 2. The second kappa shape index (κ2) is 10.5. The zero-order valence-corrected chi connectivity index (χ0v) is 20.1. The van der Waals surface area contributed by atoms with Crippen LogP contribution < -0.4 is 9.47 Å². The fourth-order valence-electron chi connectivity index (χ4n) is 3.24. The van der Waals surface area contributed by atoms with Crippen molar-refractivity contribution in [2.75, 3.05) is 7.11 Å². The topological polar surface area (TPSA) is 94.3 Å². The van der Waals surface area contributed by atoms with Gasteiger partial charge in [-0.05, 0) is 57.2 Å². The zero-order valence-electron chi connectivity index (χ0n) is 19.3. The average molecular weight is 470 g/mol. The molecule has 1 aliphatic heterocycles. The predicted molar refractivity (Wildman–Crippen MR) is 131 cm³/mol. The van der Waals surface area contributed by atoms with Crippen LogP contribution in [0.1, 0.15) is 38.8 Å². The van der Waals surface area contributed by atoms with E-state index >= 15 is 0 Å². The summed E-state index contributed by atoms with van der Waals surface area (Å²) in [6, 6.07) is 12.3. The van der Waals surface area contributed by atoms with Gasteiger partial charge in [0, 0.05) is 12.1 Å². The maximum absolute atomic E-state index is 13.0. The van der Waals surface area contributed by atoms with Crippen LogP contribution in [0.2, 0.25) is 0 Å². The lowest BCUT2D eigenvalue weighted by molar-refractivity contribution is -0.385. The fraction of sp³-hybridized carbons (Fsp3) is 0.333. The molecule has 0 aromatic heterocycles. The molecule has 0 N–H and O–H groups in total. The number of amidine groups is 1. The van der Waals surface area contributed by atoms with Crippen LogP contribution in [-0.2, 0) is 11.4 Å². The van der Waals surface area contributed by atoms with Crippen molar-refractivity contribution in [2.24, 2.45) is 4.99 Å². The van der Waals surface area contributed by atoms with E-state index in [1.165, 1.54) is 37.1 Å². The van der Waals surface area contributed by atoms with Crippen molar-refractivity contribution in [3.8, 4) is 11.5 Å². The van der Waals surface area contributed by atoms with E-state index in [1.54, 1.807) is 4.90 Å². The first kappa shape index (κ1) is 24.3. The molecule has 0 unspecified atom stereocenters. The van der Waals surface area contributed by atoms with Crippen LogP contribution in [0.4, 0.5) is 5.69 Å². The third kappa shape index (κ3) is 5.73. The first-order valence-electron chi connectivity index (χ1n) is 10.5. The third-order valence-electron chi connectivity index (χ3n) is 4.76. The number of hydrogen-bond donors (Lipinski definition) is 0. The van der Waals surface area contributed by atoms with Gasteiger partial charge in [-0.1, -0.05) is 30.3 Å². The van der Waals surface area contributed by atoms with Crippen molar-refractivity contribution in [3.05, 3.63) is 68.6 Å². The lowest BCUT2D eigenvalue weighted by Gasteiger charge is -2.20. The highest BCUT2D eigenvalue weighted by Gasteiger charge is 2.36. The number of aliphatic imine (C=N–C) groups is 1. The molecule has 1 aliphatic rings. The van der Waals surface area contributed by atoms with Gasteiger partial charge in [0.05, 0.1) is 28.6 Å². The van der Waals surface area contributed by atoms with Gasteiger partial charge in [-0.15, -0.1) is 0 Å². The van der Waals surface area contributed by atoms with Gasteiger partial charge in [0.1, 0.15) is 6.61 Å². The summed E-state index contributed by atoms with van der Waals surface area (Å²) in [5.74, 6) is 0.370. The summed E-state index contributed by atoms with van der Waals surface area (Å²) in [5.41, 5.74) is 1.01. The minimum Gasteiger partial charge on any atom is -0.493 e. The largest absolute Gasteiger partial charge is 0.493 e. The molecule has 1 heterocycles. The second-order valence-corrected chi connectivity index (χ2v) is 8.99.